The third-order valence-corrected chi connectivity index (χ3v) is 4.11. The van der Waals surface area contributed by atoms with Crippen molar-refractivity contribution < 1.29 is 22.7 Å². The molecule has 0 fully saturated rings. The Hall–Kier alpha value is -2.15. The molecule has 23 heavy (non-hydrogen) atoms. The van der Waals surface area contributed by atoms with Crippen LogP contribution >= 0.6 is 0 Å². The molecule has 0 aliphatic rings. The van der Waals surface area contributed by atoms with Crippen molar-refractivity contribution in [1.29, 1.82) is 0 Å². The summed E-state index contributed by atoms with van der Waals surface area (Å²) in [6, 6.07) is 6.16. The Balaban J connectivity index is 2.64. The maximum Gasteiger partial charge on any atom is 0.338 e. The molecule has 0 unspecified atom stereocenters. The molecule has 124 valence electrons. The molecule has 0 saturated heterocycles. The lowest BCUT2D eigenvalue weighted by Crippen LogP contribution is -2.12. The number of esters is 1. The number of hydrogen-bond donors (Lipinski definition) is 0. The monoisotopic (exact) mass is 337 g/mol. The maximum absolute atomic E-state index is 12.4. The van der Waals surface area contributed by atoms with E-state index in [-0.39, 0.29) is 23.1 Å². The Morgan fingerprint density at radius 1 is 1.26 bits per heavy atom. The minimum absolute atomic E-state index is 0.160. The van der Waals surface area contributed by atoms with Crippen molar-refractivity contribution in [3.05, 3.63) is 29.8 Å². The molecule has 2 rings (SSSR count). The van der Waals surface area contributed by atoms with Crippen LogP contribution in [0.3, 0.4) is 0 Å². The second-order valence-electron chi connectivity index (χ2n) is 5.66. The summed E-state index contributed by atoms with van der Waals surface area (Å²) in [5.74, 6) is 0.143. The number of carbonyl (C=O) groups excluding carboxylic acids is 1. The molecular weight excluding hydrogens is 318 g/mol. The Bertz CT molecular complexity index is 843. The number of rotatable bonds is 5. The third-order valence-electron chi connectivity index (χ3n) is 3.14. The van der Waals surface area contributed by atoms with Crippen molar-refractivity contribution in [3.8, 4) is 5.75 Å². The van der Waals surface area contributed by atoms with E-state index in [9.17, 15) is 13.2 Å². The summed E-state index contributed by atoms with van der Waals surface area (Å²) < 4.78 is 34.0. The van der Waals surface area contributed by atoms with E-state index in [1.165, 1.54) is 13.2 Å². The summed E-state index contributed by atoms with van der Waals surface area (Å²) >= 11 is 0. The summed E-state index contributed by atoms with van der Waals surface area (Å²) in [5, 5.41) is 0.331. The van der Waals surface area contributed by atoms with Crippen LogP contribution in [-0.4, -0.2) is 39.3 Å². The highest BCUT2D eigenvalue weighted by atomic mass is 32.2. The standard InChI is InChI=1S/C16H19NO5S/c1-10(2)9-22-16(18)13-8-15(23(4,19)20)17-14-6-5-11(21-3)7-12(13)14/h5-8,10H,9H2,1-4H3. The SMILES string of the molecule is COc1ccc2nc(S(C)(=O)=O)cc(C(=O)OCC(C)C)c2c1. The molecule has 1 aromatic carbocycles. The van der Waals surface area contributed by atoms with Crippen LogP contribution in [0.2, 0.25) is 0 Å². The van der Waals surface area contributed by atoms with Gasteiger partial charge in [-0.1, -0.05) is 13.8 Å². The Morgan fingerprint density at radius 3 is 2.52 bits per heavy atom. The molecule has 0 bridgehead atoms. The van der Waals surface area contributed by atoms with E-state index < -0.39 is 15.8 Å². The van der Waals surface area contributed by atoms with E-state index in [0.29, 0.717) is 16.7 Å². The van der Waals surface area contributed by atoms with Crippen LogP contribution in [0.1, 0.15) is 24.2 Å². The number of pyridine rings is 1. The second kappa shape index (κ2) is 6.54. The molecule has 0 amide bonds. The van der Waals surface area contributed by atoms with Gasteiger partial charge in [0.05, 0.1) is 24.8 Å². The lowest BCUT2D eigenvalue weighted by Gasteiger charge is -2.11. The molecule has 1 aromatic heterocycles. The van der Waals surface area contributed by atoms with Crippen LogP contribution in [0.4, 0.5) is 0 Å². The molecule has 1 heterocycles. The van der Waals surface area contributed by atoms with Crippen LogP contribution < -0.4 is 4.74 Å². The number of benzene rings is 1. The first kappa shape index (κ1) is 17.2. The summed E-state index contributed by atoms with van der Waals surface area (Å²) in [4.78, 5) is 16.5. The number of sulfone groups is 1. The smallest absolute Gasteiger partial charge is 0.338 e. The summed E-state index contributed by atoms with van der Waals surface area (Å²) in [5.41, 5.74) is 0.556. The zero-order valence-corrected chi connectivity index (χ0v) is 14.3. The molecule has 6 nitrogen and oxygen atoms in total. The average molecular weight is 337 g/mol. The van der Waals surface area contributed by atoms with E-state index in [0.717, 1.165) is 6.26 Å². The van der Waals surface area contributed by atoms with Crippen molar-refractivity contribution in [2.24, 2.45) is 5.92 Å². The number of nitrogens with zero attached hydrogens (tertiary/aromatic N) is 1. The van der Waals surface area contributed by atoms with Gasteiger partial charge in [-0.15, -0.1) is 0 Å². The van der Waals surface area contributed by atoms with Gasteiger partial charge in [-0.05, 0) is 30.2 Å². The van der Waals surface area contributed by atoms with Crippen molar-refractivity contribution >= 4 is 26.7 Å². The quantitative estimate of drug-likeness (QED) is 0.780. The lowest BCUT2D eigenvalue weighted by atomic mass is 10.1. The van der Waals surface area contributed by atoms with Gasteiger partial charge in [0.2, 0.25) is 0 Å². The van der Waals surface area contributed by atoms with Crippen molar-refractivity contribution in [1.82, 2.24) is 4.98 Å². The van der Waals surface area contributed by atoms with Gasteiger partial charge in [0.1, 0.15) is 5.75 Å². The van der Waals surface area contributed by atoms with Gasteiger partial charge in [-0.3, -0.25) is 0 Å². The normalized spacial score (nSPS) is 11.7. The molecule has 0 atom stereocenters. The highest BCUT2D eigenvalue weighted by molar-refractivity contribution is 7.90. The van der Waals surface area contributed by atoms with Gasteiger partial charge >= 0.3 is 5.97 Å². The van der Waals surface area contributed by atoms with E-state index in [1.54, 1.807) is 18.2 Å². The molecule has 0 saturated carbocycles. The second-order valence-corrected chi connectivity index (χ2v) is 7.62. The fraction of sp³-hybridized carbons (Fsp3) is 0.375. The fourth-order valence-corrected chi connectivity index (χ4v) is 2.58. The fourth-order valence-electron chi connectivity index (χ4n) is 1.99. The van der Waals surface area contributed by atoms with Gasteiger partial charge in [0.25, 0.3) is 0 Å². The zero-order valence-electron chi connectivity index (χ0n) is 13.5. The number of hydrogen-bond acceptors (Lipinski definition) is 6. The molecule has 0 aliphatic carbocycles. The highest BCUT2D eigenvalue weighted by Gasteiger charge is 2.19. The number of ether oxygens (including phenoxy) is 2. The predicted molar refractivity (Wildman–Crippen MR) is 86.5 cm³/mol. The molecule has 2 aromatic rings. The highest BCUT2D eigenvalue weighted by Crippen LogP contribution is 2.26. The first-order valence-electron chi connectivity index (χ1n) is 7.08. The van der Waals surface area contributed by atoms with Gasteiger partial charge in [-0.25, -0.2) is 18.2 Å². The molecule has 0 N–H and O–H groups in total. The topological polar surface area (TPSA) is 82.6 Å². The molecular formula is C16H19NO5S. The predicted octanol–water partition coefficient (Wildman–Crippen LogP) is 2.46. The number of methoxy groups -OCH3 is 1. The average Bonchev–Trinajstić information content (AvgIpc) is 2.49. The van der Waals surface area contributed by atoms with Crippen LogP contribution in [0.25, 0.3) is 10.9 Å². The van der Waals surface area contributed by atoms with Crippen LogP contribution in [0, 0.1) is 5.92 Å². The van der Waals surface area contributed by atoms with Crippen molar-refractivity contribution in [2.75, 3.05) is 20.0 Å². The first-order chi connectivity index (χ1) is 10.7. The minimum atomic E-state index is -3.55. The zero-order chi connectivity index (χ0) is 17.2. The van der Waals surface area contributed by atoms with Gasteiger partial charge in [0, 0.05) is 11.6 Å². The van der Waals surface area contributed by atoms with Crippen LogP contribution in [0.5, 0.6) is 5.75 Å². The van der Waals surface area contributed by atoms with Gasteiger partial charge < -0.3 is 9.47 Å². The van der Waals surface area contributed by atoms with E-state index >= 15 is 0 Å². The van der Waals surface area contributed by atoms with Gasteiger partial charge in [-0.2, -0.15) is 0 Å². The van der Waals surface area contributed by atoms with Crippen LogP contribution in [-0.2, 0) is 14.6 Å². The maximum atomic E-state index is 12.4. The summed E-state index contributed by atoms with van der Waals surface area (Å²) in [6.07, 6.45) is 1.05. The van der Waals surface area contributed by atoms with Gasteiger partial charge in [0.15, 0.2) is 14.9 Å². The van der Waals surface area contributed by atoms with E-state index in [2.05, 4.69) is 4.98 Å². The lowest BCUT2D eigenvalue weighted by molar-refractivity contribution is 0.0461. The number of fused-ring (bicyclic) bond motifs is 1. The number of aromatic nitrogens is 1. The van der Waals surface area contributed by atoms with E-state index in [1.807, 2.05) is 13.8 Å². The largest absolute Gasteiger partial charge is 0.497 e. The Morgan fingerprint density at radius 2 is 1.96 bits per heavy atom. The molecule has 7 heteroatoms. The van der Waals surface area contributed by atoms with Crippen LogP contribution in [0.15, 0.2) is 29.3 Å². The Labute approximate surface area is 135 Å². The Kier molecular flexibility index (Phi) is 4.89. The molecule has 0 aliphatic heterocycles. The first-order valence-corrected chi connectivity index (χ1v) is 8.97. The summed E-state index contributed by atoms with van der Waals surface area (Å²) in [6.45, 7) is 4.09. The van der Waals surface area contributed by atoms with E-state index in [4.69, 9.17) is 9.47 Å². The van der Waals surface area contributed by atoms with Crippen molar-refractivity contribution in [2.45, 2.75) is 18.9 Å². The third kappa shape index (κ3) is 3.98. The molecule has 0 spiro atoms. The number of carbonyl (C=O) groups is 1. The van der Waals surface area contributed by atoms with Crippen molar-refractivity contribution in [3.63, 3.8) is 0 Å². The summed E-state index contributed by atoms with van der Waals surface area (Å²) in [7, 11) is -2.04. The molecule has 0 radical (unpaired) electrons. The minimum Gasteiger partial charge on any atom is -0.497 e.